The summed E-state index contributed by atoms with van der Waals surface area (Å²) in [5.41, 5.74) is 11.8. The summed E-state index contributed by atoms with van der Waals surface area (Å²) in [4.78, 5) is 22.6. The normalized spacial score (nSPS) is 14.4. The van der Waals surface area contributed by atoms with Crippen molar-refractivity contribution >= 4 is 38.1 Å². The second kappa shape index (κ2) is 10.4. The van der Waals surface area contributed by atoms with E-state index in [9.17, 15) is 4.79 Å². The number of benzene rings is 2. The monoisotopic (exact) mass is 491 g/mol. The van der Waals surface area contributed by atoms with E-state index in [1.807, 2.05) is 18.2 Å². The number of amides is 1. The van der Waals surface area contributed by atoms with Gasteiger partial charge in [-0.25, -0.2) is 4.98 Å². The number of nitrogens with zero attached hydrogens (tertiary/aromatic N) is 4. The van der Waals surface area contributed by atoms with Crippen LogP contribution in [0.25, 0.3) is 26.4 Å². The van der Waals surface area contributed by atoms with Crippen LogP contribution in [-0.2, 0) is 11.2 Å². The largest absolute Gasteiger partial charge is 0.378 e. The van der Waals surface area contributed by atoms with Crippen LogP contribution in [-0.4, -0.2) is 66.1 Å². The summed E-state index contributed by atoms with van der Waals surface area (Å²) in [5.74, 6) is -0.404. The summed E-state index contributed by atoms with van der Waals surface area (Å²) < 4.78 is 8.81. The maximum atomic E-state index is 11.7. The fraction of sp³-hybridized carbons (Fsp3) is 0.407. The zero-order valence-electron chi connectivity index (χ0n) is 20.5. The van der Waals surface area contributed by atoms with Gasteiger partial charge in [0.15, 0.2) is 4.96 Å². The molecule has 2 N–H and O–H groups in total. The number of aryl methyl sites for hydroxylation is 1. The van der Waals surface area contributed by atoms with Gasteiger partial charge in [-0.05, 0) is 62.8 Å². The molecule has 1 fully saturated rings. The van der Waals surface area contributed by atoms with Gasteiger partial charge in [-0.15, -0.1) is 0 Å². The summed E-state index contributed by atoms with van der Waals surface area (Å²) in [5, 5.41) is 0. The summed E-state index contributed by atoms with van der Waals surface area (Å²) in [7, 11) is 0. The standard InChI is InChI=1S/C27H33N5O2S/c1-3-30(4-2)13-5-6-23-25(19-7-10-21(11-8-19)31-14-16-34-17-15-31)29-27-32(23)22-12-9-20(26(28)33)18-24(22)35-27/h7-12,18H,3-6,13-17H2,1-2H3,(H2,28,33). The van der Waals surface area contributed by atoms with Crippen LogP contribution in [0.2, 0.25) is 0 Å². The minimum Gasteiger partial charge on any atom is -0.378 e. The Labute approximate surface area is 210 Å². The van der Waals surface area contributed by atoms with Crippen molar-refractivity contribution in [2.45, 2.75) is 26.7 Å². The summed E-state index contributed by atoms with van der Waals surface area (Å²) in [6, 6.07) is 14.5. The third kappa shape index (κ3) is 4.78. The van der Waals surface area contributed by atoms with E-state index in [-0.39, 0.29) is 0 Å². The van der Waals surface area contributed by atoms with Gasteiger partial charge in [-0.3, -0.25) is 9.20 Å². The molecule has 7 nitrogen and oxygen atoms in total. The van der Waals surface area contributed by atoms with Gasteiger partial charge in [-0.1, -0.05) is 37.3 Å². The van der Waals surface area contributed by atoms with Crippen molar-refractivity contribution in [3.05, 3.63) is 53.7 Å². The number of primary amides is 1. The van der Waals surface area contributed by atoms with E-state index in [1.165, 1.54) is 11.4 Å². The molecule has 1 aliphatic heterocycles. The summed E-state index contributed by atoms with van der Waals surface area (Å²) in [6.45, 7) is 11.0. The molecule has 0 unspecified atom stereocenters. The van der Waals surface area contributed by atoms with E-state index >= 15 is 0 Å². The first-order chi connectivity index (χ1) is 17.1. The van der Waals surface area contributed by atoms with Crippen molar-refractivity contribution in [1.82, 2.24) is 14.3 Å². The summed E-state index contributed by atoms with van der Waals surface area (Å²) in [6.07, 6.45) is 1.99. The predicted octanol–water partition coefficient (Wildman–Crippen LogP) is 4.43. The fourth-order valence-corrected chi connectivity index (χ4v) is 5.99. The van der Waals surface area contributed by atoms with Crippen LogP contribution in [0.5, 0.6) is 0 Å². The Morgan fingerprint density at radius 1 is 1.11 bits per heavy atom. The van der Waals surface area contributed by atoms with Crippen LogP contribution < -0.4 is 10.6 Å². The smallest absolute Gasteiger partial charge is 0.248 e. The molecule has 0 atom stereocenters. The number of rotatable bonds is 9. The van der Waals surface area contributed by atoms with Gasteiger partial charge in [0.05, 0.1) is 34.8 Å². The van der Waals surface area contributed by atoms with Crippen molar-refractivity contribution in [2.75, 3.05) is 50.8 Å². The van der Waals surface area contributed by atoms with Crippen LogP contribution >= 0.6 is 11.3 Å². The molecule has 5 rings (SSSR count). The Balaban J connectivity index is 1.53. The molecule has 0 radical (unpaired) electrons. The molecular weight excluding hydrogens is 458 g/mol. The van der Waals surface area contributed by atoms with E-state index in [0.29, 0.717) is 5.56 Å². The number of ether oxygens (including phenoxy) is 1. The van der Waals surface area contributed by atoms with Crippen LogP contribution in [0, 0.1) is 0 Å². The molecule has 1 aliphatic rings. The third-order valence-corrected chi connectivity index (χ3v) is 7.93. The number of hydrogen-bond donors (Lipinski definition) is 1. The minimum absolute atomic E-state index is 0.404. The maximum absolute atomic E-state index is 11.7. The van der Waals surface area contributed by atoms with Crippen LogP contribution in [0.3, 0.4) is 0 Å². The first-order valence-electron chi connectivity index (χ1n) is 12.5. The molecule has 4 aromatic rings. The van der Waals surface area contributed by atoms with Crippen molar-refractivity contribution in [2.24, 2.45) is 5.73 Å². The molecule has 8 heteroatoms. The highest BCUT2D eigenvalue weighted by molar-refractivity contribution is 7.23. The van der Waals surface area contributed by atoms with E-state index in [2.05, 4.69) is 52.3 Å². The zero-order valence-corrected chi connectivity index (χ0v) is 21.3. The maximum Gasteiger partial charge on any atom is 0.248 e. The lowest BCUT2D eigenvalue weighted by Crippen LogP contribution is -2.36. The predicted molar refractivity (Wildman–Crippen MR) is 144 cm³/mol. The molecule has 1 saturated heterocycles. The van der Waals surface area contributed by atoms with Crippen LogP contribution in [0.15, 0.2) is 42.5 Å². The fourth-order valence-electron chi connectivity index (χ4n) is 4.90. The van der Waals surface area contributed by atoms with Gasteiger partial charge < -0.3 is 20.3 Å². The number of nitrogens with two attached hydrogens (primary N) is 1. The molecule has 0 saturated carbocycles. The van der Waals surface area contributed by atoms with Crippen molar-refractivity contribution < 1.29 is 9.53 Å². The van der Waals surface area contributed by atoms with Crippen molar-refractivity contribution in [1.29, 1.82) is 0 Å². The summed E-state index contributed by atoms with van der Waals surface area (Å²) >= 11 is 1.61. The average molecular weight is 492 g/mol. The Morgan fingerprint density at radius 2 is 1.86 bits per heavy atom. The Hall–Kier alpha value is -2.94. The first-order valence-corrected chi connectivity index (χ1v) is 13.3. The second-order valence-corrected chi connectivity index (χ2v) is 9.96. The lowest BCUT2D eigenvalue weighted by Gasteiger charge is -2.28. The lowest BCUT2D eigenvalue weighted by atomic mass is 10.1. The molecule has 35 heavy (non-hydrogen) atoms. The second-order valence-electron chi connectivity index (χ2n) is 8.95. The Morgan fingerprint density at radius 3 is 2.54 bits per heavy atom. The highest BCUT2D eigenvalue weighted by atomic mass is 32.1. The van der Waals surface area contributed by atoms with E-state index in [1.54, 1.807) is 11.3 Å². The quantitative estimate of drug-likeness (QED) is 0.375. The highest BCUT2D eigenvalue weighted by Gasteiger charge is 2.20. The molecule has 1 amide bonds. The molecule has 184 valence electrons. The molecule has 0 aliphatic carbocycles. The Bertz CT molecular complexity index is 1320. The van der Waals surface area contributed by atoms with Crippen molar-refractivity contribution in [3.63, 3.8) is 0 Å². The number of fused-ring (bicyclic) bond motifs is 3. The van der Waals surface area contributed by atoms with E-state index in [4.69, 9.17) is 15.5 Å². The van der Waals surface area contributed by atoms with Crippen LogP contribution in [0.1, 0.15) is 36.3 Å². The number of hydrogen-bond acceptors (Lipinski definition) is 6. The number of anilines is 1. The number of thiazole rings is 1. The van der Waals surface area contributed by atoms with Crippen LogP contribution in [0.4, 0.5) is 5.69 Å². The number of carbonyl (C=O) groups is 1. The van der Waals surface area contributed by atoms with E-state index < -0.39 is 5.91 Å². The average Bonchev–Trinajstić information content (AvgIpc) is 3.43. The highest BCUT2D eigenvalue weighted by Crippen LogP contribution is 2.35. The van der Waals surface area contributed by atoms with E-state index in [0.717, 1.165) is 85.2 Å². The minimum atomic E-state index is -0.404. The third-order valence-electron chi connectivity index (χ3n) is 6.93. The number of carbonyl (C=O) groups excluding carboxylic acids is 1. The Kier molecular flexibility index (Phi) is 7.04. The number of imidazole rings is 1. The van der Waals surface area contributed by atoms with Gasteiger partial charge in [0.25, 0.3) is 0 Å². The molecule has 0 bridgehead atoms. The van der Waals surface area contributed by atoms with Gasteiger partial charge in [0.2, 0.25) is 5.91 Å². The molecule has 0 spiro atoms. The topological polar surface area (TPSA) is 76.1 Å². The van der Waals surface area contributed by atoms with Gasteiger partial charge >= 0.3 is 0 Å². The molecule has 2 aromatic carbocycles. The molecule has 2 aromatic heterocycles. The SMILES string of the molecule is CCN(CC)CCCc1c(-c2ccc(N3CCOCC3)cc2)nc2sc3cc(C(N)=O)ccc3n12. The van der Waals surface area contributed by atoms with Crippen molar-refractivity contribution in [3.8, 4) is 11.3 Å². The van der Waals surface area contributed by atoms with Gasteiger partial charge in [0.1, 0.15) is 0 Å². The molecule has 3 heterocycles. The number of aromatic nitrogens is 2. The van der Waals surface area contributed by atoms with Gasteiger partial charge in [0, 0.05) is 29.9 Å². The number of morpholine rings is 1. The first kappa shape index (κ1) is 23.8. The van der Waals surface area contributed by atoms with Gasteiger partial charge in [-0.2, -0.15) is 0 Å². The lowest BCUT2D eigenvalue weighted by molar-refractivity contribution is 0.100. The zero-order chi connectivity index (χ0) is 24.4. The molecular formula is C27H33N5O2S.